The van der Waals surface area contributed by atoms with Gasteiger partial charge in [-0.3, -0.25) is 4.79 Å². The van der Waals surface area contributed by atoms with Crippen molar-refractivity contribution in [3.05, 3.63) is 59.4 Å². The van der Waals surface area contributed by atoms with Crippen LogP contribution in [0, 0.1) is 0 Å². The molecule has 2 heterocycles. The molecule has 2 aromatic rings. The van der Waals surface area contributed by atoms with Crippen LogP contribution in [0.1, 0.15) is 28.0 Å². The van der Waals surface area contributed by atoms with E-state index in [-0.39, 0.29) is 12.1 Å². The molecule has 0 radical (unpaired) electrons. The van der Waals surface area contributed by atoms with Gasteiger partial charge >= 0.3 is 5.97 Å². The zero-order chi connectivity index (χ0) is 16.9. The third kappa shape index (κ3) is 3.71. The number of fused-ring (bicyclic) bond motifs is 1. The number of carboxylic acid groups (broad SMARTS) is 1. The maximum Gasteiger partial charge on any atom is 0.326 e. The predicted molar refractivity (Wildman–Crippen MR) is 87.1 cm³/mol. The van der Waals surface area contributed by atoms with E-state index >= 15 is 0 Å². The molecule has 0 saturated carbocycles. The number of hydrogen-bond acceptors (Lipinski definition) is 4. The van der Waals surface area contributed by atoms with Crippen molar-refractivity contribution in [3.8, 4) is 5.75 Å². The lowest BCUT2D eigenvalue weighted by molar-refractivity contribution is -0.139. The first-order valence-corrected chi connectivity index (χ1v) is 7.83. The summed E-state index contributed by atoms with van der Waals surface area (Å²) in [4.78, 5) is 27.9. The Morgan fingerprint density at radius 3 is 2.83 bits per heavy atom. The van der Waals surface area contributed by atoms with E-state index in [4.69, 9.17) is 4.74 Å². The Morgan fingerprint density at radius 2 is 2.08 bits per heavy atom. The SMILES string of the molecule is O=C(N[C@@H](Cc1ccccc1)C(=O)O)c1cc2c(cn1)OCCC2. The minimum Gasteiger partial charge on any atom is -0.492 e. The van der Waals surface area contributed by atoms with E-state index in [2.05, 4.69) is 10.3 Å². The van der Waals surface area contributed by atoms with Crippen LogP contribution in [0.2, 0.25) is 0 Å². The molecular formula is C18H18N2O4. The fraction of sp³-hybridized carbons (Fsp3) is 0.278. The van der Waals surface area contributed by atoms with Crippen molar-refractivity contribution in [1.29, 1.82) is 0 Å². The highest BCUT2D eigenvalue weighted by molar-refractivity contribution is 5.95. The van der Waals surface area contributed by atoms with Crippen molar-refractivity contribution in [1.82, 2.24) is 10.3 Å². The van der Waals surface area contributed by atoms with Gasteiger partial charge in [0.2, 0.25) is 0 Å². The molecule has 2 N–H and O–H groups in total. The Morgan fingerprint density at radius 1 is 1.29 bits per heavy atom. The van der Waals surface area contributed by atoms with Gasteiger partial charge < -0.3 is 15.2 Å². The lowest BCUT2D eigenvalue weighted by Gasteiger charge is -2.18. The Labute approximate surface area is 139 Å². The van der Waals surface area contributed by atoms with Gasteiger partial charge in [-0.25, -0.2) is 9.78 Å². The van der Waals surface area contributed by atoms with Crippen LogP contribution in [0.4, 0.5) is 0 Å². The second-order valence-corrected chi connectivity index (χ2v) is 5.68. The molecule has 0 unspecified atom stereocenters. The van der Waals surface area contributed by atoms with Crippen LogP contribution in [-0.2, 0) is 17.6 Å². The van der Waals surface area contributed by atoms with Crippen molar-refractivity contribution in [2.75, 3.05) is 6.61 Å². The van der Waals surface area contributed by atoms with Gasteiger partial charge in [0, 0.05) is 6.42 Å². The second kappa shape index (κ2) is 7.12. The van der Waals surface area contributed by atoms with Gasteiger partial charge in [0.25, 0.3) is 5.91 Å². The highest BCUT2D eigenvalue weighted by atomic mass is 16.5. The Hall–Kier alpha value is -2.89. The molecule has 0 fully saturated rings. The molecule has 0 bridgehead atoms. The molecule has 124 valence electrons. The highest BCUT2D eigenvalue weighted by Crippen LogP contribution is 2.24. The number of amides is 1. The second-order valence-electron chi connectivity index (χ2n) is 5.68. The summed E-state index contributed by atoms with van der Waals surface area (Å²) < 4.78 is 5.47. The van der Waals surface area contributed by atoms with Gasteiger partial charge in [-0.1, -0.05) is 30.3 Å². The van der Waals surface area contributed by atoms with E-state index in [0.717, 1.165) is 24.0 Å². The monoisotopic (exact) mass is 326 g/mol. The smallest absolute Gasteiger partial charge is 0.326 e. The number of rotatable bonds is 5. The van der Waals surface area contributed by atoms with E-state index in [1.54, 1.807) is 6.07 Å². The van der Waals surface area contributed by atoms with Crippen LogP contribution in [0.5, 0.6) is 5.75 Å². The largest absolute Gasteiger partial charge is 0.492 e. The van der Waals surface area contributed by atoms with Crippen LogP contribution in [0.25, 0.3) is 0 Å². The zero-order valence-electron chi connectivity index (χ0n) is 13.1. The highest BCUT2D eigenvalue weighted by Gasteiger charge is 2.22. The van der Waals surface area contributed by atoms with E-state index in [9.17, 15) is 14.7 Å². The molecule has 0 spiro atoms. The summed E-state index contributed by atoms with van der Waals surface area (Å²) >= 11 is 0. The third-order valence-electron chi connectivity index (χ3n) is 3.92. The summed E-state index contributed by atoms with van der Waals surface area (Å²) in [6.07, 6.45) is 3.46. The molecule has 6 nitrogen and oxygen atoms in total. The maximum absolute atomic E-state index is 12.4. The summed E-state index contributed by atoms with van der Waals surface area (Å²) in [5, 5.41) is 11.9. The van der Waals surface area contributed by atoms with E-state index in [1.165, 1.54) is 6.20 Å². The fourth-order valence-electron chi connectivity index (χ4n) is 2.66. The van der Waals surface area contributed by atoms with Gasteiger partial charge in [0.1, 0.15) is 17.5 Å². The summed E-state index contributed by atoms with van der Waals surface area (Å²) in [6, 6.07) is 9.85. The van der Waals surface area contributed by atoms with E-state index < -0.39 is 17.9 Å². The molecule has 1 aliphatic rings. The molecule has 0 aliphatic carbocycles. The average Bonchev–Trinajstić information content (AvgIpc) is 2.61. The summed E-state index contributed by atoms with van der Waals surface area (Å²) in [6.45, 7) is 0.651. The first-order valence-electron chi connectivity index (χ1n) is 7.83. The Kier molecular flexibility index (Phi) is 4.74. The number of carboxylic acids is 1. The molecule has 1 aromatic carbocycles. The van der Waals surface area contributed by atoms with Crippen LogP contribution in [0.3, 0.4) is 0 Å². The number of ether oxygens (including phenoxy) is 1. The number of benzene rings is 1. The van der Waals surface area contributed by atoms with Crippen molar-refractivity contribution in [3.63, 3.8) is 0 Å². The molecule has 1 aromatic heterocycles. The van der Waals surface area contributed by atoms with Gasteiger partial charge in [0.05, 0.1) is 12.8 Å². The van der Waals surface area contributed by atoms with Crippen LogP contribution in [-0.4, -0.2) is 34.6 Å². The number of nitrogens with one attached hydrogen (secondary N) is 1. The van der Waals surface area contributed by atoms with E-state index in [0.29, 0.717) is 12.4 Å². The lowest BCUT2D eigenvalue weighted by Crippen LogP contribution is -2.42. The lowest BCUT2D eigenvalue weighted by atomic mass is 10.0. The van der Waals surface area contributed by atoms with E-state index in [1.807, 2.05) is 30.3 Å². The topological polar surface area (TPSA) is 88.5 Å². The standard InChI is InChI=1S/C18H18N2O4/c21-17(14-10-13-7-4-8-24-16(13)11-19-14)20-15(18(22)23)9-12-5-2-1-3-6-12/h1-3,5-6,10-11,15H,4,7-9H2,(H,20,21)(H,22,23)/t15-/m0/s1. The van der Waals surface area contributed by atoms with Gasteiger partial charge in [-0.05, 0) is 30.0 Å². The molecule has 1 aliphatic heterocycles. The third-order valence-corrected chi connectivity index (χ3v) is 3.92. The Bertz CT molecular complexity index is 746. The number of aliphatic carboxylic acids is 1. The molecule has 24 heavy (non-hydrogen) atoms. The van der Waals surface area contributed by atoms with Crippen LogP contribution in [0.15, 0.2) is 42.6 Å². The summed E-state index contributed by atoms with van der Waals surface area (Å²) in [5.74, 6) is -0.878. The number of pyridine rings is 1. The first kappa shape index (κ1) is 16.0. The van der Waals surface area contributed by atoms with Crippen molar-refractivity contribution < 1.29 is 19.4 Å². The average molecular weight is 326 g/mol. The fourth-order valence-corrected chi connectivity index (χ4v) is 2.66. The number of carbonyl (C=O) groups excluding carboxylic acids is 1. The maximum atomic E-state index is 12.4. The Balaban J connectivity index is 1.72. The number of nitrogens with zero attached hydrogens (tertiary/aromatic N) is 1. The number of hydrogen-bond donors (Lipinski definition) is 2. The molecule has 0 saturated heterocycles. The number of aromatic nitrogens is 1. The number of aryl methyl sites for hydroxylation is 1. The van der Waals surface area contributed by atoms with Gasteiger partial charge in [0.15, 0.2) is 0 Å². The zero-order valence-corrected chi connectivity index (χ0v) is 13.1. The van der Waals surface area contributed by atoms with Crippen LogP contribution < -0.4 is 10.1 Å². The molecule has 1 atom stereocenters. The van der Waals surface area contributed by atoms with Crippen molar-refractivity contribution in [2.24, 2.45) is 0 Å². The molecule has 1 amide bonds. The number of carbonyl (C=O) groups is 2. The van der Waals surface area contributed by atoms with Crippen molar-refractivity contribution >= 4 is 11.9 Å². The summed E-state index contributed by atoms with van der Waals surface area (Å²) in [7, 11) is 0. The minimum absolute atomic E-state index is 0.207. The molecule has 3 rings (SSSR count). The normalized spacial score (nSPS) is 14.2. The van der Waals surface area contributed by atoms with Gasteiger partial charge in [-0.15, -0.1) is 0 Å². The molecule has 6 heteroatoms. The quantitative estimate of drug-likeness (QED) is 0.875. The minimum atomic E-state index is -1.08. The molecular weight excluding hydrogens is 308 g/mol. The van der Waals surface area contributed by atoms with Crippen LogP contribution >= 0.6 is 0 Å². The predicted octanol–water partition coefficient (Wildman–Crippen LogP) is 1.83. The first-order chi connectivity index (χ1) is 11.6. The van der Waals surface area contributed by atoms with Gasteiger partial charge in [-0.2, -0.15) is 0 Å². The van der Waals surface area contributed by atoms with Crippen molar-refractivity contribution in [2.45, 2.75) is 25.3 Å². The summed E-state index contributed by atoms with van der Waals surface area (Å²) in [5.41, 5.74) is 1.98.